The molecule has 0 unspecified atom stereocenters. The summed E-state index contributed by atoms with van der Waals surface area (Å²) in [5.74, 6) is 0.0351. The van der Waals surface area contributed by atoms with Gasteiger partial charge >= 0.3 is 0 Å². The van der Waals surface area contributed by atoms with Crippen molar-refractivity contribution in [1.29, 1.82) is 0 Å². The smallest absolute Gasteiger partial charge is 0.198 e. The van der Waals surface area contributed by atoms with Gasteiger partial charge in [-0.15, -0.1) is 0 Å². The molecule has 0 aromatic carbocycles. The van der Waals surface area contributed by atoms with Crippen LogP contribution in [0.1, 0.15) is 18.1 Å². The monoisotopic (exact) mass is 348 g/mol. The highest BCUT2D eigenvalue weighted by Gasteiger charge is 2.16. The molecule has 3 rings (SSSR count). The Balaban J connectivity index is 2.17. The van der Waals surface area contributed by atoms with E-state index in [2.05, 4.69) is 24.9 Å². The SMILES string of the molecule is CN=C/C(=C\N)N=C(C)c1c(O)[nH]c2cnc(-c3cnccc3C)cc12. The normalized spacial score (nSPS) is 13.0. The van der Waals surface area contributed by atoms with Gasteiger partial charge in [0.05, 0.1) is 34.4 Å². The number of nitrogens with two attached hydrogens (primary N) is 1. The molecular weight excluding hydrogens is 328 g/mol. The summed E-state index contributed by atoms with van der Waals surface area (Å²) in [7, 11) is 1.64. The van der Waals surface area contributed by atoms with Crippen LogP contribution in [-0.4, -0.2) is 39.0 Å². The van der Waals surface area contributed by atoms with Gasteiger partial charge in [0.2, 0.25) is 0 Å². The van der Waals surface area contributed by atoms with Gasteiger partial charge in [-0.25, -0.2) is 4.99 Å². The summed E-state index contributed by atoms with van der Waals surface area (Å²) >= 11 is 0. The second kappa shape index (κ2) is 7.18. The second-order valence-corrected chi connectivity index (χ2v) is 5.83. The van der Waals surface area contributed by atoms with Crippen molar-refractivity contribution in [3.05, 3.63) is 53.7 Å². The van der Waals surface area contributed by atoms with E-state index >= 15 is 0 Å². The van der Waals surface area contributed by atoms with Crippen LogP contribution in [0.25, 0.3) is 22.2 Å². The van der Waals surface area contributed by atoms with Crippen molar-refractivity contribution >= 4 is 22.8 Å². The number of nitrogens with zero attached hydrogens (tertiary/aromatic N) is 4. The van der Waals surface area contributed by atoms with Crippen LogP contribution in [0, 0.1) is 6.92 Å². The van der Waals surface area contributed by atoms with Gasteiger partial charge in [-0.2, -0.15) is 0 Å². The van der Waals surface area contributed by atoms with Crippen LogP contribution in [0.4, 0.5) is 0 Å². The second-order valence-electron chi connectivity index (χ2n) is 5.83. The van der Waals surface area contributed by atoms with Crippen molar-refractivity contribution in [3.63, 3.8) is 0 Å². The minimum absolute atomic E-state index is 0.0351. The predicted molar refractivity (Wildman–Crippen MR) is 105 cm³/mol. The molecule has 0 aliphatic rings. The molecule has 0 bridgehead atoms. The molecule has 0 radical (unpaired) electrons. The first kappa shape index (κ1) is 17.3. The first-order chi connectivity index (χ1) is 12.5. The van der Waals surface area contributed by atoms with Crippen molar-refractivity contribution in [2.45, 2.75) is 13.8 Å². The number of pyridine rings is 2. The number of allylic oxidation sites excluding steroid dienone is 1. The first-order valence-electron chi connectivity index (χ1n) is 8.06. The van der Waals surface area contributed by atoms with Crippen molar-refractivity contribution in [2.75, 3.05) is 7.05 Å². The maximum absolute atomic E-state index is 10.4. The lowest BCUT2D eigenvalue weighted by Gasteiger charge is -2.05. The van der Waals surface area contributed by atoms with E-state index in [1.807, 2.05) is 26.0 Å². The Morgan fingerprint density at radius 2 is 2.15 bits per heavy atom. The Labute approximate surface area is 151 Å². The van der Waals surface area contributed by atoms with Gasteiger partial charge in [0.1, 0.15) is 0 Å². The number of hydrogen-bond donors (Lipinski definition) is 3. The van der Waals surface area contributed by atoms with E-state index in [4.69, 9.17) is 5.73 Å². The molecule has 3 aromatic rings. The molecule has 0 amide bonds. The van der Waals surface area contributed by atoms with E-state index in [1.165, 1.54) is 6.20 Å². The molecule has 0 saturated carbocycles. The Bertz CT molecular complexity index is 1050. The lowest BCUT2D eigenvalue weighted by Crippen LogP contribution is -1.98. The zero-order valence-electron chi connectivity index (χ0n) is 14.9. The van der Waals surface area contributed by atoms with Crippen LogP contribution >= 0.6 is 0 Å². The quantitative estimate of drug-likeness (QED) is 0.629. The number of aromatic hydroxyl groups is 1. The van der Waals surface area contributed by atoms with Gasteiger partial charge < -0.3 is 15.8 Å². The Morgan fingerprint density at radius 1 is 1.35 bits per heavy atom. The summed E-state index contributed by atoms with van der Waals surface area (Å²) < 4.78 is 0. The molecule has 132 valence electrons. The minimum atomic E-state index is 0.0351. The Kier molecular flexibility index (Phi) is 4.79. The predicted octanol–water partition coefficient (Wildman–Crippen LogP) is 2.95. The number of rotatable bonds is 4. The maximum atomic E-state index is 10.4. The standard InChI is InChI=1S/C19H20N6O/c1-11-4-5-22-9-15(11)16-6-14-17(10-23-16)25-19(26)18(14)12(2)24-13(7-20)8-21-3/h4-10,25-26H,20H2,1-3H3/b13-7+,21-8?,24-12?. The van der Waals surface area contributed by atoms with E-state index < -0.39 is 0 Å². The average molecular weight is 348 g/mol. The summed E-state index contributed by atoms with van der Waals surface area (Å²) in [5.41, 5.74) is 10.8. The molecule has 0 atom stereocenters. The molecule has 7 nitrogen and oxygen atoms in total. The largest absolute Gasteiger partial charge is 0.494 e. The summed E-state index contributed by atoms with van der Waals surface area (Å²) in [6, 6.07) is 3.86. The molecule has 0 aliphatic heterocycles. The summed E-state index contributed by atoms with van der Waals surface area (Å²) in [5, 5.41) is 11.2. The van der Waals surface area contributed by atoms with E-state index in [-0.39, 0.29) is 5.88 Å². The molecule has 0 saturated heterocycles. The Morgan fingerprint density at radius 3 is 2.85 bits per heavy atom. The van der Waals surface area contributed by atoms with Gasteiger partial charge in [0.15, 0.2) is 5.88 Å². The van der Waals surface area contributed by atoms with E-state index in [9.17, 15) is 5.11 Å². The Hall–Kier alpha value is -3.48. The summed E-state index contributed by atoms with van der Waals surface area (Å²) in [4.78, 5) is 20.0. The minimum Gasteiger partial charge on any atom is -0.494 e. The number of H-pyrrole nitrogens is 1. The number of fused-ring (bicyclic) bond motifs is 1. The molecule has 7 heteroatoms. The number of aryl methyl sites for hydroxylation is 1. The fourth-order valence-corrected chi connectivity index (χ4v) is 2.82. The highest BCUT2D eigenvalue weighted by Crippen LogP contribution is 2.31. The molecule has 0 spiro atoms. The van der Waals surface area contributed by atoms with Crippen LogP contribution in [0.5, 0.6) is 5.88 Å². The molecule has 26 heavy (non-hydrogen) atoms. The van der Waals surface area contributed by atoms with Crippen LogP contribution in [0.15, 0.2) is 52.6 Å². The highest BCUT2D eigenvalue weighted by molar-refractivity contribution is 6.13. The first-order valence-corrected chi connectivity index (χ1v) is 8.06. The number of hydrogen-bond acceptors (Lipinski definition) is 6. The topological polar surface area (TPSA) is 113 Å². The van der Waals surface area contributed by atoms with Crippen LogP contribution in [-0.2, 0) is 0 Å². The fourth-order valence-electron chi connectivity index (χ4n) is 2.82. The van der Waals surface area contributed by atoms with Crippen molar-refractivity contribution < 1.29 is 5.11 Å². The number of aromatic amines is 1. The molecule has 3 aromatic heterocycles. The van der Waals surface area contributed by atoms with Gasteiger partial charge in [0.25, 0.3) is 0 Å². The molecule has 0 fully saturated rings. The third kappa shape index (κ3) is 3.19. The average Bonchev–Trinajstić information content (AvgIpc) is 2.96. The molecule has 3 heterocycles. The summed E-state index contributed by atoms with van der Waals surface area (Å²) in [6.07, 6.45) is 8.15. The van der Waals surface area contributed by atoms with Crippen LogP contribution in [0.2, 0.25) is 0 Å². The van der Waals surface area contributed by atoms with Gasteiger partial charge in [-0.1, -0.05) is 0 Å². The lowest BCUT2D eigenvalue weighted by molar-refractivity contribution is 0.457. The van der Waals surface area contributed by atoms with E-state index in [1.54, 1.807) is 31.9 Å². The molecule has 0 aliphatic carbocycles. The molecule has 4 N–H and O–H groups in total. The number of aliphatic imine (C=N–C) groups is 2. The van der Waals surface area contributed by atoms with Gasteiger partial charge in [0, 0.05) is 42.8 Å². The fraction of sp³-hybridized carbons (Fsp3) is 0.158. The number of aromatic nitrogens is 3. The highest BCUT2D eigenvalue weighted by atomic mass is 16.3. The number of nitrogens with one attached hydrogen (secondary N) is 1. The third-order valence-electron chi connectivity index (χ3n) is 4.07. The third-order valence-corrected chi connectivity index (χ3v) is 4.07. The van der Waals surface area contributed by atoms with E-state index in [0.717, 1.165) is 27.7 Å². The van der Waals surface area contributed by atoms with Crippen LogP contribution in [0.3, 0.4) is 0 Å². The zero-order chi connectivity index (χ0) is 18.7. The summed E-state index contributed by atoms with van der Waals surface area (Å²) in [6.45, 7) is 3.82. The van der Waals surface area contributed by atoms with Crippen molar-refractivity contribution in [1.82, 2.24) is 15.0 Å². The van der Waals surface area contributed by atoms with Crippen molar-refractivity contribution in [2.24, 2.45) is 15.7 Å². The van der Waals surface area contributed by atoms with Crippen LogP contribution < -0.4 is 5.73 Å². The molecular formula is C19H20N6O. The maximum Gasteiger partial charge on any atom is 0.198 e. The van der Waals surface area contributed by atoms with Gasteiger partial charge in [-0.3, -0.25) is 15.0 Å². The lowest BCUT2D eigenvalue weighted by atomic mass is 10.0. The van der Waals surface area contributed by atoms with Gasteiger partial charge in [-0.05, 0) is 31.5 Å². The van der Waals surface area contributed by atoms with E-state index in [0.29, 0.717) is 17.0 Å². The zero-order valence-corrected chi connectivity index (χ0v) is 14.9. The van der Waals surface area contributed by atoms with Crippen molar-refractivity contribution in [3.8, 4) is 17.1 Å².